The fourth-order valence-corrected chi connectivity index (χ4v) is 5.99. The first-order valence-electron chi connectivity index (χ1n) is 14.0. The van der Waals surface area contributed by atoms with Crippen molar-refractivity contribution < 1.29 is 19.8 Å². The zero-order chi connectivity index (χ0) is 27.1. The van der Waals surface area contributed by atoms with Crippen LogP contribution < -0.4 is 15.5 Å². The smallest absolute Gasteiger partial charge is 0.404 e. The Bertz CT molecular complexity index is 1080. The van der Waals surface area contributed by atoms with Crippen molar-refractivity contribution in [3.63, 3.8) is 0 Å². The number of nitrogens with one attached hydrogen (secondary N) is 2. The fraction of sp³-hybridized carbons (Fsp3) is 0.621. The Morgan fingerprint density at radius 3 is 2.26 bits per heavy atom. The van der Waals surface area contributed by atoms with E-state index in [1.54, 1.807) is 0 Å². The highest BCUT2D eigenvalue weighted by Crippen LogP contribution is 2.30. The molecule has 2 aromatic rings. The van der Waals surface area contributed by atoms with Gasteiger partial charge in [-0.1, -0.05) is 18.2 Å². The van der Waals surface area contributed by atoms with E-state index in [9.17, 15) is 14.7 Å². The van der Waals surface area contributed by atoms with Gasteiger partial charge in [0.2, 0.25) is 0 Å². The topological polar surface area (TPSA) is 118 Å². The number of para-hydroxylation sites is 1. The molecular weight excluding hydrogens is 482 g/mol. The molecule has 9 nitrogen and oxygen atoms in total. The highest BCUT2D eigenvalue weighted by atomic mass is 16.4. The molecule has 1 unspecified atom stereocenters. The van der Waals surface area contributed by atoms with Crippen molar-refractivity contribution >= 4 is 28.7 Å². The highest BCUT2D eigenvalue weighted by molar-refractivity contribution is 6.07. The average Bonchev–Trinajstić information content (AvgIpc) is 2.90. The summed E-state index contributed by atoms with van der Waals surface area (Å²) in [5.74, 6) is 2.06. The number of likely N-dealkylation sites (N-methyl/N-ethyl adjacent to an activating group) is 1. The summed E-state index contributed by atoms with van der Waals surface area (Å²) >= 11 is 0. The van der Waals surface area contributed by atoms with Crippen LogP contribution in [0, 0.1) is 17.8 Å². The minimum Gasteiger partial charge on any atom is -0.465 e. The second kappa shape index (κ2) is 13.2. The van der Waals surface area contributed by atoms with Crippen LogP contribution in [-0.4, -0.2) is 85.0 Å². The predicted octanol–water partition coefficient (Wildman–Crippen LogP) is 3.57. The van der Waals surface area contributed by atoms with Gasteiger partial charge in [-0.05, 0) is 88.9 Å². The van der Waals surface area contributed by atoms with Gasteiger partial charge < -0.3 is 30.6 Å². The minimum atomic E-state index is -0.966. The first-order chi connectivity index (χ1) is 18.3. The number of carbonyl (C=O) groups is 2. The van der Waals surface area contributed by atoms with Crippen molar-refractivity contribution in [1.82, 2.24) is 20.5 Å². The molecule has 1 saturated carbocycles. The van der Waals surface area contributed by atoms with Crippen molar-refractivity contribution in [2.24, 2.45) is 17.8 Å². The first kappa shape index (κ1) is 28.1. The van der Waals surface area contributed by atoms with Gasteiger partial charge >= 0.3 is 6.09 Å². The number of benzene rings is 1. The van der Waals surface area contributed by atoms with Crippen molar-refractivity contribution in [3.8, 4) is 0 Å². The molecule has 208 valence electrons. The Morgan fingerprint density at radius 2 is 1.63 bits per heavy atom. The Labute approximate surface area is 225 Å². The third kappa shape index (κ3) is 7.80. The molecule has 9 heteroatoms. The number of carboxylic acid groups (broad SMARTS) is 1. The van der Waals surface area contributed by atoms with Crippen LogP contribution in [-0.2, 0) is 0 Å². The lowest BCUT2D eigenvalue weighted by Gasteiger charge is -2.34. The summed E-state index contributed by atoms with van der Waals surface area (Å²) in [7, 11) is 3.97. The van der Waals surface area contributed by atoms with Crippen molar-refractivity contribution in [2.75, 3.05) is 51.7 Å². The van der Waals surface area contributed by atoms with E-state index in [4.69, 9.17) is 10.1 Å². The number of fused-ring (bicyclic) bond motifs is 1. The monoisotopic (exact) mass is 525 g/mol. The molecule has 1 aliphatic heterocycles. The molecule has 0 bridgehead atoms. The molecule has 4 N–H and O–H groups in total. The maximum absolute atomic E-state index is 13.4. The zero-order valence-corrected chi connectivity index (χ0v) is 22.7. The van der Waals surface area contributed by atoms with Crippen LogP contribution in [0.1, 0.15) is 55.3 Å². The summed E-state index contributed by atoms with van der Waals surface area (Å²) in [6.07, 6.45) is 5.51. The van der Waals surface area contributed by atoms with Gasteiger partial charge in [-0.3, -0.25) is 4.79 Å². The minimum absolute atomic E-state index is 0.0683. The lowest BCUT2D eigenvalue weighted by Crippen LogP contribution is -2.37. The molecule has 38 heavy (non-hydrogen) atoms. The Morgan fingerprint density at radius 1 is 1.00 bits per heavy atom. The quantitative estimate of drug-likeness (QED) is 0.375. The van der Waals surface area contributed by atoms with Gasteiger partial charge in [0.25, 0.3) is 5.91 Å². The standard InChI is InChI=1S/C29H43N5O4/c1-33(2)19-23(35)15-20-11-13-34(14-12-20)27-16-25(24-5-3-4-6-26(24)32-27)28(36)30-17-21-7-9-22(10-8-21)18-31-29(37)38/h3-6,16,20-23,31,35H,7-15,17-19H2,1-2H3,(H,30,36)(H,37,38)/t21-,22-,23?. The summed E-state index contributed by atoms with van der Waals surface area (Å²) < 4.78 is 0. The molecule has 2 fully saturated rings. The van der Waals surface area contributed by atoms with Crippen molar-refractivity contribution in [1.29, 1.82) is 0 Å². The maximum atomic E-state index is 13.4. The number of aliphatic hydroxyl groups is 1. The van der Waals surface area contributed by atoms with E-state index in [1.165, 1.54) is 0 Å². The molecule has 1 aliphatic carbocycles. The number of carbonyl (C=O) groups excluding carboxylic acids is 1. The number of rotatable bonds is 10. The van der Waals surface area contributed by atoms with E-state index in [0.29, 0.717) is 43.0 Å². The van der Waals surface area contributed by atoms with Gasteiger partial charge in [-0.2, -0.15) is 0 Å². The van der Waals surface area contributed by atoms with Crippen LogP contribution in [0.2, 0.25) is 0 Å². The largest absolute Gasteiger partial charge is 0.465 e. The molecular formula is C29H43N5O4. The van der Waals surface area contributed by atoms with E-state index < -0.39 is 6.09 Å². The van der Waals surface area contributed by atoms with Crippen LogP contribution in [0.5, 0.6) is 0 Å². The Hall–Kier alpha value is -2.91. The third-order valence-corrected chi connectivity index (χ3v) is 8.13. The van der Waals surface area contributed by atoms with Gasteiger partial charge in [-0.25, -0.2) is 9.78 Å². The molecule has 0 spiro atoms. The number of pyridine rings is 1. The summed E-state index contributed by atoms with van der Waals surface area (Å²) in [5.41, 5.74) is 1.48. The zero-order valence-electron chi connectivity index (χ0n) is 22.7. The predicted molar refractivity (Wildman–Crippen MR) is 150 cm³/mol. The van der Waals surface area contributed by atoms with Crippen LogP contribution in [0.4, 0.5) is 10.6 Å². The van der Waals surface area contributed by atoms with Gasteiger partial charge in [0.1, 0.15) is 5.82 Å². The van der Waals surface area contributed by atoms with Crippen LogP contribution in [0.15, 0.2) is 30.3 Å². The molecule has 1 aromatic heterocycles. The number of nitrogens with zero attached hydrogens (tertiary/aromatic N) is 3. The Kier molecular flexibility index (Phi) is 9.80. The van der Waals surface area contributed by atoms with Crippen molar-refractivity contribution in [3.05, 3.63) is 35.9 Å². The number of piperidine rings is 1. The molecule has 4 rings (SSSR count). The molecule has 1 aromatic carbocycles. The summed E-state index contributed by atoms with van der Waals surface area (Å²) in [6.45, 7) is 3.56. The second-order valence-corrected chi connectivity index (χ2v) is 11.4. The van der Waals surface area contributed by atoms with E-state index >= 15 is 0 Å². The van der Waals surface area contributed by atoms with E-state index in [-0.39, 0.29) is 12.0 Å². The molecule has 2 heterocycles. The van der Waals surface area contributed by atoms with Crippen LogP contribution in [0.25, 0.3) is 10.9 Å². The number of hydrogen-bond acceptors (Lipinski definition) is 6. The van der Waals surface area contributed by atoms with E-state index in [2.05, 4.69) is 15.5 Å². The second-order valence-electron chi connectivity index (χ2n) is 11.4. The third-order valence-electron chi connectivity index (χ3n) is 8.13. The number of anilines is 1. The van der Waals surface area contributed by atoms with Gasteiger partial charge in [0.15, 0.2) is 0 Å². The van der Waals surface area contributed by atoms with Gasteiger partial charge in [-0.15, -0.1) is 0 Å². The number of aromatic nitrogens is 1. The number of amides is 2. The number of hydrogen-bond donors (Lipinski definition) is 4. The summed E-state index contributed by atoms with van der Waals surface area (Å²) in [5, 5.41) is 25.7. The molecule has 2 amide bonds. The fourth-order valence-electron chi connectivity index (χ4n) is 5.99. The van der Waals surface area contributed by atoms with Crippen LogP contribution in [0.3, 0.4) is 0 Å². The molecule has 0 radical (unpaired) electrons. The molecule has 1 saturated heterocycles. The van der Waals surface area contributed by atoms with Gasteiger partial charge in [0, 0.05) is 38.1 Å². The normalized spacial score (nSPS) is 21.4. The SMILES string of the molecule is CN(C)CC(O)CC1CCN(c2cc(C(=O)NC[C@H]3CC[C@H](CNC(=O)O)CC3)c3ccccc3n2)CC1. The Balaban J connectivity index is 1.35. The van der Waals surface area contributed by atoms with Crippen molar-refractivity contribution in [2.45, 2.75) is 51.0 Å². The highest BCUT2D eigenvalue weighted by Gasteiger charge is 2.25. The molecule has 2 aliphatic rings. The number of aliphatic hydroxyl groups excluding tert-OH is 1. The lowest BCUT2D eigenvalue weighted by atomic mass is 9.82. The first-order valence-corrected chi connectivity index (χ1v) is 14.0. The summed E-state index contributed by atoms with van der Waals surface area (Å²) in [4.78, 5) is 33.3. The van der Waals surface area contributed by atoms with E-state index in [0.717, 1.165) is 74.8 Å². The van der Waals surface area contributed by atoms with Crippen LogP contribution >= 0.6 is 0 Å². The maximum Gasteiger partial charge on any atom is 0.404 e. The lowest BCUT2D eigenvalue weighted by molar-refractivity contribution is 0.0942. The van der Waals surface area contributed by atoms with Gasteiger partial charge in [0.05, 0.1) is 17.2 Å². The van der Waals surface area contributed by atoms with E-state index in [1.807, 2.05) is 49.3 Å². The molecule has 1 atom stereocenters. The summed E-state index contributed by atoms with van der Waals surface area (Å²) in [6, 6.07) is 9.76. The average molecular weight is 526 g/mol.